The van der Waals surface area contributed by atoms with Gasteiger partial charge >= 0.3 is 0 Å². The fourth-order valence-electron chi connectivity index (χ4n) is 2.43. The first-order chi connectivity index (χ1) is 9.65. The molecule has 0 saturated heterocycles. The molecule has 2 nitrogen and oxygen atoms in total. The van der Waals surface area contributed by atoms with Gasteiger partial charge in [0.1, 0.15) is 0 Å². The molecule has 0 atom stereocenters. The van der Waals surface area contributed by atoms with Crippen LogP contribution >= 0.6 is 11.6 Å². The van der Waals surface area contributed by atoms with Crippen LogP contribution < -0.4 is 0 Å². The number of carbonyl (C=O) groups excluding carboxylic acids is 1. The Kier molecular flexibility index (Phi) is 3.33. The van der Waals surface area contributed by atoms with E-state index < -0.39 is 0 Å². The zero-order valence-electron chi connectivity index (χ0n) is 11.1. The number of nitrogens with zero attached hydrogens (tertiary/aromatic N) is 1. The van der Waals surface area contributed by atoms with Crippen LogP contribution in [0.15, 0.2) is 54.6 Å². The maximum atomic E-state index is 12.4. The van der Waals surface area contributed by atoms with E-state index >= 15 is 0 Å². The van der Waals surface area contributed by atoms with Crippen molar-refractivity contribution in [3.05, 3.63) is 70.9 Å². The number of para-hydroxylation sites is 1. The van der Waals surface area contributed by atoms with Crippen molar-refractivity contribution in [3.63, 3.8) is 0 Å². The van der Waals surface area contributed by atoms with Crippen molar-refractivity contribution in [2.75, 3.05) is 0 Å². The number of carbonyl (C=O) groups is 1. The summed E-state index contributed by atoms with van der Waals surface area (Å²) in [5.41, 5.74) is 2.87. The molecule has 0 N–H and O–H groups in total. The highest BCUT2D eigenvalue weighted by molar-refractivity contribution is 6.30. The molecule has 20 heavy (non-hydrogen) atoms. The van der Waals surface area contributed by atoms with Crippen molar-refractivity contribution in [2.45, 2.75) is 13.5 Å². The molecule has 0 fully saturated rings. The topological polar surface area (TPSA) is 22.0 Å². The monoisotopic (exact) mass is 283 g/mol. The smallest absolute Gasteiger partial charge is 0.182 e. The van der Waals surface area contributed by atoms with Crippen LogP contribution in [-0.2, 0) is 6.54 Å². The summed E-state index contributed by atoms with van der Waals surface area (Å²) in [7, 11) is 0. The summed E-state index contributed by atoms with van der Waals surface area (Å²) < 4.78 is 2.05. The lowest BCUT2D eigenvalue weighted by atomic mass is 10.1. The van der Waals surface area contributed by atoms with E-state index in [0.717, 1.165) is 16.6 Å². The Bertz CT molecular complexity index is 771. The molecule has 0 spiro atoms. The van der Waals surface area contributed by atoms with Crippen LogP contribution in [0.2, 0.25) is 5.02 Å². The van der Waals surface area contributed by atoms with Gasteiger partial charge in [-0.15, -0.1) is 0 Å². The Balaban J connectivity index is 1.95. The fourth-order valence-corrected chi connectivity index (χ4v) is 2.55. The second-order valence-electron chi connectivity index (χ2n) is 4.86. The number of rotatable bonds is 3. The fraction of sp³-hybridized carbons (Fsp3) is 0.118. The Hall–Kier alpha value is -2.06. The summed E-state index contributed by atoms with van der Waals surface area (Å²) in [6.45, 7) is 2.37. The predicted octanol–water partition coefficient (Wildman–Crippen LogP) is 4.49. The number of aryl methyl sites for hydroxylation is 1. The summed E-state index contributed by atoms with van der Waals surface area (Å²) in [4.78, 5) is 12.4. The highest BCUT2D eigenvalue weighted by atomic mass is 35.5. The predicted molar refractivity (Wildman–Crippen MR) is 82.5 cm³/mol. The largest absolute Gasteiger partial charge is 0.337 e. The van der Waals surface area contributed by atoms with Gasteiger partial charge in [0.25, 0.3) is 0 Å². The van der Waals surface area contributed by atoms with Crippen molar-refractivity contribution in [2.24, 2.45) is 0 Å². The molecule has 0 saturated carbocycles. The molecular formula is C17H14ClNO. The van der Waals surface area contributed by atoms with Crippen LogP contribution in [0.1, 0.15) is 16.1 Å². The van der Waals surface area contributed by atoms with Crippen LogP contribution in [0.5, 0.6) is 0 Å². The number of hydrogen-bond donors (Lipinski definition) is 0. The number of Topliss-reactive ketones (excluding diaryl/α,β-unsaturated/α-hetero) is 1. The Morgan fingerprint density at radius 1 is 1.10 bits per heavy atom. The molecule has 0 aliphatic rings. The third kappa shape index (κ3) is 2.35. The van der Waals surface area contributed by atoms with Crippen molar-refractivity contribution in [3.8, 4) is 0 Å². The molecule has 0 radical (unpaired) electrons. The third-order valence-electron chi connectivity index (χ3n) is 3.49. The number of ketones is 1. The average Bonchev–Trinajstić information content (AvgIpc) is 2.76. The lowest BCUT2D eigenvalue weighted by molar-refractivity contribution is 0.0973. The first-order valence-corrected chi connectivity index (χ1v) is 6.86. The quantitative estimate of drug-likeness (QED) is 0.649. The Morgan fingerprint density at radius 3 is 2.55 bits per heavy atom. The zero-order valence-corrected chi connectivity index (χ0v) is 11.9. The van der Waals surface area contributed by atoms with E-state index in [1.54, 1.807) is 24.3 Å². The first kappa shape index (κ1) is 12.9. The van der Waals surface area contributed by atoms with Gasteiger partial charge in [-0.05, 0) is 48.7 Å². The van der Waals surface area contributed by atoms with Gasteiger partial charge in [0.15, 0.2) is 5.78 Å². The summed E-state index contributed by atoms with van der Waals surface area (Å²) >= 11 is 5.85. The van der Waals surface area contributed by atoms with Crippen molar-refractivity contribution in [1.29, 1.82) is 0 Å². The normalized spacial score (nSPS) is 10.9. The van der Waals surface area contributed by atoms with E-state index in [9.17, 15) is 4.79 Å². The number of benzene rings is 2. The van der Waals surface area contributed by atoms with E-state index in [0.29, 0.717) is 17.1 Å². The average molecular weight is 284 g/mol. The molecule has 0 unspecified atom stereocenters. The highest BCUT2D eigenvalue weighted by Crippen LogP contribution is 2.20. The number of fused-ring (bicyclic) bond motifs is 1. The lowest BCUT2D eigenvalue weighted by Crippen LogP contribution is -2.11. The Morgan fingerprint density at radius 2 is 1.80 bits per heavy atom. The highest BCUT2D eigenvalue weighted by Gasteiger charge is 2.11. The minimum absolute atomic E-state index is 0.0890. The van der Waals surface area contributed by atoms with E-state index in [-0.39, 0.29) is 5.78 Å². The minimum atomic E-state index is 0.0890. The van der Waals surface area contributed by atoms with Crippen molar-refractivity contribution in [1.82, 2.24) is 4.57 Å². The summed E-state index contributed by atoms with van der Waals surface area (Å²) in [6.07, 6.45) is 0. The maximum absolute atomic E-state index is 12.4. The van der Waals surface area contributed by atoms with E-state index in [2.05, 4.69) is 12.1 Å². The van der Waals surface area contributed by atoms with Gasteiger partial charge in [0.05, 0.1) is 6.54 Å². The molecule has 2 aromatic carbocycles. The summed E-state index contributed by atoms with van der Waals surface area (Å²) in [5, 5.41) is 1.80. The molecule has 3 aromatic rings. The molecule has 3 rings (SSSR count). The molecule has 0 aliphatic heterocycles. The SMILES string of the molecule is Cc1cc2ccccc2n1CC(=O)c1ccc(Cl)cc1. The van der Waals surface area contributed by atoms with Crippen LogP contribution in [0.25, 0.3) is 10.9 Å². The number of halogens is 1. The van der Waals surface area contributed by atoms with Gasteiger partial charge in [-0.3, -0.25) is 4.79 Å². The van der Waals surface area contributed by atoms with Gasteiger partial charge < -0.3 is 4.57 Å². The van der Waals surface area contributed by atoms with E-state index in [4.69, 9.17) is 11.6 Å². The van der Waals surface area contributed by atoms with Gasteiger partial charge in [0.2, 0.25) is 0 Å². The van der Waals surface area contributed by atoms with Crippen LogP contribution in [0.3, 0.4) is 0 Å². The van der Waals surface area contributed by atoms with Gasteiger partial charge in [-0.2, -0.15) is 0 Å². The second kappa shape index (κ2) is 5.14. The number of hydrogen-bond acceptors (Lipinski definition) is 1. The zero-order chi connectivity index (χ0) is 14.1. The van der Waals surface area contributed by atoms with Crippen LogP contribution in [-0.4, -0.2) is 10.4 Å². The van der Waals surface area contributed by atoms with Gasteiger partial charge in [-0.1, -0.05) is 29.8 Å². The van der Waals surface area contributed by atoms with E-state index in [1.165, 1.54) is 0 Å². The molecule has 0 bridgehead atoms. The molecular weight excluding hydrogens is 270 g/mol. The van der Waals surface area contributed by atoms with Crippen molar-refractivity contribution < 1.29 is 4.79 Å². The first-order valence-electron chi connectivity index (χ1n) is 6.49. The molecule has 0 aliphatic carbocycles. The molecule has 1 heterocycles. The third-order valence-corrected chi connectivity index (χ3v) is 3.74. The molecule has 100 valence electrons. The van der Waals surface area contributed by atoms with Crippen molar-refractivity contribution >= 4 is 28.3 Å². The van der Waals surface area contributed by atoms with Gasteiger partial charge in [-0.25, -0.2) is 0 Å². The summed E-state index contributed by atoms with van der Waals surface area (Å²) in [5.74, 6) is 0.0890. The second-order valence-corrected chi connectivity index (χ2v) is 5.30. The number of aromatic nitrogens is 1. The van der Waals surface area contributed by atoms with Crippen LogP contribution in [0.4, 0.5) is 0 Å². The Labute approximate surface area is 122 Å². The standard InChI is InChI=1S/C17H14ClNO/c1-12-10-14-4-2-3-5-16(14)19(12)11-17(20)13-6-8-15(18)9-7-13/h2-10H,11H2,1H3. The molecule has 0 amide bonds. The van der Waals surface area contributed by atoms with Crippen LogP contribution in [0, 0.1) is 6.92 Å². The maximum Gasteiger partial charge on any atom is 0.182 e. The lowest BCUT2D eigenvalue weighted by Gasteiger charge is -2.07. The minimum Gasteiger partial charge on any atom is -0.337 e. The van der Waals surface area contributed by atoms with E-state index in [1.807, 2.05) is 29.7 Å². The summed E-state index contributed by atoms with van der Waals surface area (Å²) in [6, 6.07) is 17.2. The molecule has 1 aromatic heterocycles. The van der Waals surface area contributed by atoms with Gasteiger partial charge in [0, 0.05) is 21.8 Å². The molecule has 3 heteroatoms.